The van der Waals surface area contributed by atoms with Gasteiger partial charge in [0.05, 0.1) is 7.11 Å². The van der Waals surface area contributed by atoms with E-state index in [0.717, 1.165) is 10.0 Å². The molecule has 3 aromatic carbocycles. The van der Waals surface area contributed by atoms with Gasteiger partial charge in [0.1, 0.15) is 11.5 Å². The molecule has 0 saturated heterocycles. The Bertz CT molecular complexity index is 1020. The van der Waals surface area contributed by atoms with Crippen molar-refractivity contribution in [3.8, 4) is 11.5 Å². The second-order valence-electron chi connectivity index (χ2n) is 6.41. The molecule has 0 atom stereocenters. The van der Waals surface area contributed by atoms with Crippen molar-refractivity contribution in [1.82, 2.24) is 5.32 Å². The van der Waals surface area contributed by atoms with Gasteiger partial charge in [0.2, 0.25) is 0 Å². The maximum absolute atomic E-state index is 12.3. The van der Waals surface area contributed by atoms with Crippen LogP contribution in [0.2, 0.25) is 0 Å². The van der Waals surface area contributed by atoms with E-state index in [9.17, 15) is 9.59 Å². The molecule has 0 heterocycles. The highest BCUT2D eigenvalue weighted by molar-refractivity contribution is 9.10. The van der Waals surface area contributed by atoms with Crippen LogP contribution in [0.5, 0.6) is 11.5 Å². The Morgan fingerprint density at radius 1 is 0.933 bits per heavy atom. The summed E-state index contributed by atoms with van der Waals surface area (Å²) in [6.07, 6.45) is 0. The second-order valence-corrected chi connectivity index (χ2v) is 7.32. The standard InChI is InChI=1S/C23H21BrN2O4/c1-29-21-7-3-6-19(13-21)26-22(27)15-30-20-10-8-17(9-11-20)23(28)25-14-16-4-2-5-18(24)12-16/h2-13H,14-15H2,1H3,(H,25,28)(H,26,27). The minimum Gasteiger partial charge on any atom is -0.497 e. The molecule has 2 amide bonds. The fourth-order valence-corrected chi connectivity index (χ4v) is 3.13. The van der Waals surface area contributed by atoms with Gasteiger partial charge in [-0.15, -0.1) is 0 Å². The highest BCUT2D eigenvalue weighted by Gasteiger charge is 2.08. The van der Waals surface area contributed by atoms with Crippen LogP contribution in [0.15, 0.2) is 77.3 Å². The fourth-order valence-electron chi connectivity index (χ4n) is 2.68. The predicted octanol–water partition coefficient (Wildman–Crippen LogP) is 4.41. The lowest BCUT2D eigenvalue weighted by Crippen LogP contribution is -2.22. The topological polar surface area (TPSA) is 76.7 Å². The van der Waals surface area contributed by atoms with Gasteiger partial charge in [-0.1, -0.05) is 34.1 Å². The maximum atomic E-state index is 12.3. The van der Waals surface area contributed by atoms with Gasteiger partial charge in [-0.2, -0.15) is 0 Å². The first kappa shape index (κ1) is 21.4. The second kappa shape index (κ2) is 10.5. The van der Waals surface area contributed by atoms with E-state index in [2.05, 4.69) is 26.6 Å². The van der Waals surface area contributed by atoms with E-state index in [4.69, 9.17) is 9.47 Å². The molecule has 0 fully saturated rings. The number of benzene rings is 3. The molecule has 3 aromatic rings. The van der Waals surface area contributed by atoms with Gasteiger partial charge in [-0.3, -0.25) is 9.59 Å². The lowest BCUT2D eigenvalue weighted by molar-refractivity contribution is -0.118. The van der Waals surface area contributed by atoms with Crippen LogP contribution < -0.4 is 20.1 Å². The number of methoxy groups -OCH3 is 1. The normalized spacial score (nSPS) is 10.2. The van der Waals surface area contributed by atoms with Gasteiger partial charge in [0.25, 0.3) is 11.8 Å². The molecule has 0 saturated carbocycles. The van der Waals surface area contributed by atoms with Crippen molar-refractivity contribution >= 4 is 33.4 Å². The molecule has 154 valence electrons. The zero-order chi connectivity index (χ0) is 21.3. The summed E-state index contributed by atoms with van der Waals surface area (Å²) in [6, 6.07) is 21.5. The van der Waals surface area contributed by atoms with Crippen molar-refractivity contribution in [2.45, 2.75) is 6.54 Å². The minimum absolute atomic E-state index is 0.147. The molecular weight excluding hydrogens is 448 g/mol. The third-order valence-corrected chi connectivity index (χ3v) is 4.68. The Hall–Kier alpha value is -3.32. The van der Waals surface area contributed by atoms with E-state index in [1.54, 1.807) is 55.6 Å². The molecule has 0 aliphatic rings. The number of hydrogen-bond acceptors (Lipinski definition) is 4. The van der Waals surface area contributed by atoms with Crippen LogP contribution in [0.3, 0.4) is 0 Å². The smallest absolute Gasteiger partial charge is 0.262 e. The van der Waals surface area contributed by atoms with Gasteiger partial charge in [0.15, 0.2) is 6.61 Å². The molecule has 0 spiro atoms. The first-order valence-corrected chi connectivity index (χ1v) is 10.0. The summed E-state index contributed by atoms with van der Waals surface area (Å²) in [7, 11) is 1.56. The molecule has 0 bridgehead atoms. The summed E-state index contributed by atoms with van der Waals surface area (Å²) in [5, 5.41) is 5.62. The number of rotatable bonds is 8. The Kier molecular flexibility index (Phi) is 7.45. The molecule has 3 rings (SSSR count). The van der Waals surface area contributed by atoms with Gasteiger partial charge < -0.3 is 20.1 Å². The number of amides is 2. The van der Waals surface area contributed by atoms with Crippen molar-refractivity contribution in [2.75, 3.05) is 19.0 Å². The average molecular weight is 469 g/mol. The third kappa shape index (κ3) is 6.35. The molecule has 2 N–H and O–H groups in total. The number of ether oxygens (including phenoxy) is 2. The van der Waals surface area contributed by atoms with E-state index in [1.165, 1.54) is 0 Å². The van der Waals surface area contributed by atoms with Crippen LogP contribution in [0.25, 0.3) is 0 Å². The summed E-state index contributed by atoms with van der Waals surface area (Å²) >= 11 is 3.41. The number of nitrogens with one attached hydrogen (secondary N) is 2. The monoisotopic (exact) mass is 468 g/mol. The molecule has 0 unspecified atom stereocenters. The summed E-state index contributed by atoms with van der Waals surface area (Å²) in [5.41, 5.74) is 2.14. The van der Waals surface area contributed by atoms with Crippen molar-refractivity contribution in [3.63, 3.8) is 0 Å². The van der Waals surface area contributed by atoms with E-state index in [-0.39, 0.29) is 18.4 Å². The zero-order valence-electron chi connectivity index (χ0n) is 16.4. The molecule has 0 aliphatic carbocycles. The van der Waals surface area contributed by atoms with E-state index < -0.39 is 0 Å². The van der Waals surface area contributed by atoms with E-state index in [0.29, 0.717) is 29.3 Å². The molecule has 0 radical (unpaired) electrons. The van der Waals surface area contributed by atoms with Crippen molar-refractivity contribution in [3.05, 3.63) is 88.4 Å². The Morgan fingerprint density at radius 3 is 2.43 bits per heavy atom. The largest absolute Gasteiger partial charge is 0.497 e. The minimum atomic E-state index is -0.293. The van der Waals surface area contributed by atoms with Crippen molar-refractivity contribution < 1.29 is 19.1 Å². The molecule has 6 nitrogen and oxygen atoms in total. The summed E-state index contributed by atoms with van der Waals surface area (Å²) in [5.74, 6) is 0.679. The van der Waals surface area contributed by atoms with E-state index in [1.807, 2.05) is 24.3 Å². The van der Waals surface area contributed by atoms with Crippen molar-refractivity contribution in [1.29, 1.82) is 0 Å². The lowest BCUT2D eigenvalue weighted by atomic mass is 10.2. The van der Waals surface area contributed by atoms with Crippen LogP contribution in [0, 0.1) is 0 Å². The molecule has 30 heavy (non-hydrogen) atoms. The van der Waals surface area contributed by atoms with Crippen LogP contribution in [-0.4, -0.2) is 25.5 Å². The number of hydrogen-bond donors (Lipinski definition) is 2. The summed E-state index contributed by atoms with van der Waals surface area (Å²) < 4.78 is 11.6. The van der Waals surface area contributed by atoms with Crippen LogP contribution in [0.4, 0.5) is 5.69 Å². The van der Waals surface area contributed by atoms with Crippen LogP contribution in [-0.2, 0) is 11.3 Å². The maximum Gasteiger partial charge on any atom is 0.262 e. The van der Waals surface area contributed by atoms with E-state index >= 15 is 0 Å². The number of halogens is 1. The first-order chi connectivity index (χ1) is 14.5. The number of anilines is 1. The Morgan fingerprint density at radius 2 is 1.70 bits per heavy atom. The van der Waals surface area contributed by atoms with Gasteiger partial charge in [0, 0.05) is 28.3 Å². The Labute approximate surface area is 183 Å². The highest BCUT2D eigenvalue weighted by Crippen LogP contribution is 2.17. The van der Waals surface area contributed by atoms with Gasteiger partial charge in [-0.05, 0) is 54.1 Å². The van der Waals surface area contributed by atoms with Crippen molar-refractivity contribution in [2.24, 2.45) is 0 Å². The zero-order valence-corrected chi connectivity index (χ0v) is 17.9. The predicted molar refractivity (Wildman–Crippen MR) is 119 cm³/mol. The highest BCUT2D eigenvalue weighted by atomic mass is 79.9. The Balaban J connectivity index is 1.47. The first-order valence-electron chi connectivity index (χ1n) is 9.23. The number of carbonyl (C=O) groups excluding carboxylic acids is 2. The third-order valence-electron chi connectivity index (χ3n) is 4.18. The molecule has 0 aromatic heterocycles. The lowest BCUT2D eigenvalue weighted by Gasteiger charge is -2.09. The fraction of sp³-hybridized carbons (Fsp3) is 0.130. The molecule has 0 aliphatic heterocycles. The quantitative estimate of drug-likeness (QED) is 0.513. The summed E-state index contributed by atoms with van der Waals surface area (Å²) in [6.45, 7) is 0.284. The van der Waals surface area contributed by atoms with Crippen LogP contribution in [0.1, 0.15) is 15.9 Å². The van der Waals surface area contributed by atoms with Crippen LogP contribution >= 0.6 is 15.9 Å². The van der Waals surface area contributed by atoms with Gasteiger partial charge >= 0.3 is 0 Å². The molecule has 7 heteroatoms. The van der Waals surface area contributed by atoms with Gasteiger partial charge in [-0.25, -0.2) is 0 Å². The SMILES string of the molecule is COc1cccc(NC(=O)COc2ccc(C(=O)NCc3cccc(Br)c3)cc2)c1. The number of carbonyl (C=O) groups is 2. The summed E-state index contributed by atoms with van der Waals surface area (Å²) in [4.78, 5) is 24.4. The molecular formula is C23H21BrN2O4. The average Bonchev–Trinajstić information content (AvgIpc) is 2.76.